The van der Waals surface area contributed by atoms with Gasteiger partial charge in [-0.2, -0.15) is 4.37 Å². The molecule has 1 aromatic rings. The number of nitrogens with two attached hydrogens (primary N) is 1. The summed E-state index contributed by atoms with van der Waals surface area (Å²) >= 11 is 1.26. The van der Waals surface area contributed by atoms with Crippen molar-refractivity contribution in [2.75, 3.05) is 30.8 Å². The molecule has 0 aliphatic carbocycles. The van der Waals surface area contributed by atoms with Crippen LogP contribution < -0.4 is 16.0 Å². The number of aromatic nitrogens is 1. The zero-order valence-electron chi connectivity index (χ0n) is 11.2. The molecule has 1 aliphatic rings. The van der Waals surface area contributed by atoms with E-state index in [1.807, 2.05) is 6.92 Å². The zero-order valence-corrected chi connectivity index (χ0v) is 12.0. The Kier molecular flexibility index (Phi) is 4.26. The highest BCUT2D eigenvalue weighted by Crippen LogP contribution is 2.33. The first-order chi connectivity index (χ1) is 9.04. The molecule has 7 heteroatoms. The van der Waals surface area contributed by atoms with E-state index < -0.39 is 0 Å². The lowest BCUT2D eigenvalue weighted by Crippen LogP contribution is -2.37. The van der Waals surface area contributed by atoms with Crippen molar-refractivity contribution in [1.82, 2.24) is 9.69 Å². The number of amides is 1. The molecular formula is C12H20N4O2S. The predicted molar refractivity (Wildman–Crippen MR) is 76.5 cm³/mol. The third-order valence-corrected chi connectivity index (χ3v) is 4.59. The largest absolute Gasteiger partial charge is 0.393 e. The van der Waals surface area contributed by atoms with E-state index in [0.29, 0.717) is 11.5 Å². The van der Waals surface area contributed by atoms with Crippen molar-refractivity contribution >= 4 is 28.3 Å². The first-order valence-corrected chi connectivity index (χ1v) is 7.22. The summed E-state index contributed by atoms with van der Waals surface area (Å²) < 4.78 is 4.08. The van der Waals surface area contributed by atoms with E-state index in [2.05, 4.69) is 14.6 Å². The van der Waals surface area contributed by atoms with Crippen molar-refractivity contribution in [2.24, 2.45) is 5.92 Å². The number of aliphatic hydroxyl groups excluding tert-OH is 1. The van der Waals surface area contributed by atoms with Crippen LogP contribution in [0.3, 0.4) is 0 Å². The molecule has 1 atom stereocenters. The van der Waals surface area contributed by atoms with Crippen molar-refractivity contribution in [3.63, 3.8) is 0 Å². The topological polar surface area (TPSA) is 91.5 Å². The maximum atomic E-state index is 11.8. The number of nitrogen functional groups attached to an aromatic ring is 1. The van der Waals surface area contributed by atoms with E-state index in [-0.39, 0.29) is 17.8 Å². The molecule has 1 amide bonds. The van der Waals surface area contributed by atoms with Crippen LogP contribution in [0.2, 0.25) is 0 Å². The van der Waals surface area contributed by atoms with E-state index >= 15 is 0 Å². The molecule has 1 fully saturated rings. The van der Waals surface area contributed by atoms with Crippen LogP contribution in [0, 0.1) is 5.92 Å². The second kappa shape index (κ2) is 5.75. The van der Waals surface area contributed by atoms with Crippen LogP contribution in [0.5, 0.6) is 0 Å². The first kappa shape index (κ1) is 14.1. The minimum atomic E-state index is -0.271. The van der Waals surface area contributed by atoms with Gasteiger partial charge < -0.3 is 21.1 Å². The molecule has 106 valence electrons. The van der Waals surface area contributed by atoms with E-state index in [0.717, 1.165) is 30.9 Å². The number of anilines is 2. The average molecular weight is 284 g/mol. The molecule has 0 bridgehead atoms. The number of piperidine rings is 1. The summed E-state index contributed by atoms with van der Waals surface area (Å²) in [6.45, 7) is 3.48. The summed E-state index contributed by atoms with van der Waals surface area (Å²) in [6, 6.07) is 0. The van der Waals surface area contributed by atoms with Crippen LogP contribution >= 0.6 is 11.5 Å². The number of hydrogen-bond donors (Lipinski definition) is 3. The molecule has 2 rings (SSSR count). The predicted octanol–water partition coefficient (Wildman–Crippen LogP) is 0.682. The molecule has 1 unspecified atom stereocenters. The molecule has 1 aliphatic heterocycles. The number of carbonyl (C=O) groups is 1. The highest BCUT2D eigenvalue weighted by atomic mass is 32.1. The Morgan fingerprint density at radius 2 is 2.21 bits per heavy atom. The summed E-state index contributed by atoms with van der Waals surface area (Å²) in [5, 5.41) is 13.0. The lowest BCUT2D eigenvalue weighted by atomic mass is 9.92. The van der Waals surface area contributed by atoms with Gasteiger partial charge in [0.15, 0.2) is 5.82 Å². The lowest BCUT2D eigenvalue weighted by Gasteiger charge is -2.34. The monoisotopic (exact) mass is 284 g/mol. The van der Waals surface area contributed by atoms with Gasteiger partial charge in [-0.1, -0.05) is 0 Å². The maximum Gasteiger partial charge on any atom is 0.257 e. The molecule has 0 aromatic carbocycles. The third-order valence-electron chi connectivity index (χ3n) is 3.66. The second-order valence-corrected chi connectivity index (χ2v) is 5.64. The van der Waals surface area contributed by atoms with Crippen molar-refractivity contribution in [2.45, 2.75) is 25.9 Å². The average Bonchev–Trinajstić information content (AvgIpc) is 2.80. The lowest BCUT2D eigenvalue weighted by molar-refractivity contribution is 0.0963. The van der Waals surface area contributed by atoms with Gasteiger partial charge >= 0.3 is 0 Å². The van der Waals surface area contributed by atoms with Crippen LogP contribution in [-0.2, 0) is 0 Å². The molecule has 2 heterocycles. The van der Waals surface area contributed by atoms with Crippen LogP contribution in [0.15, 0.2) is 0 Å². The molecule has 1 saturated heterocycles. The maximum absolute atomic E-state index is 11.8. The fourth-order valence-electron chi connectivity index (χ4n) is 2.43. The van der Waals surface area contributed by atoms with Crippen LogP contribution in [0.4, 0.5) is 10.8 Å². The molecular weight excluding hydrogens is 264 g/mol. The molecule has 0 saturated carbocycles. The second-order valence-electron chi connectivity index (χ2n) is 4.89. The number of hydrogen-bond acceptors (Lipinski definition) is 6. The fraction of sp³-hybridized carbons (Fsp3) is 0.667. The van der Waals surface area contributed by atoms with Gasteiger partial charge in [-0.25, -0.2) is 0 Å². The van der Waals surface area contributed by atoms with E-state index in [1.54, 1.807) is 7.05 Å². The van der Waals surface area contributed by atoms with Crippen molar-refractivity contribution in [3.05, 3.63) is 5.56 Å². The minimum Gasteiger partial charge on any atom is -0.393 e. The van der Waals surface area contributed by atoms with Gasteiger partial charge in [-0.05, 0) is 37.2 Å². The standard InChI is InChI=1S/C12H20N4O2S/c1-7(17)8-3-5-16(6-4-8)12-9(11(18)14-2)10(13)15-19-12/h7-8,17H,3-6H2,1-2H3,(H2,13,15)(H,14,18). The number of rotatable bonds is 3. The minimum absolute atomic E-state index is 0.195. The quantitative estimate of drug-likeness (QED) is 0.759. The summed E-state index contributed by atoms with van der Waals surface area (Å²) in [7, 11) is 1.59. The molecule has 0 spiro atoms. The number of carbonyl (C=O) groups excluding carboxylic acids is 1. The fourth-order valence-corrected chi connectivity index (χ4v) is 3.30. The molecule has 4 N–H and O–H groups in total. The Bertz CT molecular complexity index is 453. The van der Waals surface area contributed by atoms with Crippen LogP contribution in [0.25, 0.3) is 0 Å². The number of nitrogens with zero attached hydrogens (tertiary/aromatic N) is 2. The third kappa shape index (κ3) is 2.82. The first-order valence-electron chi connectivity index (χ1n) is 6.44. The van der Waals surface area contributed by atoms with E-state index in [1.165, 1.54) is 11.5 Å². The van der Waals surface area contributed by atoms with E-state index in [9.17, 15) is 9.90 Å². The van der Waals surface area contributed by atoms with Gasteiger partial charge in [-0.3, -0.25) is 4.79 Å². The van der Waals surface area contributed by atoms with Gasteiger partial charge in [0.25, 0.3) is 5.91 Å². The van der Waals surface area contributed by atoms with Gasteiger partial charge in [0, 0.05) is 20.1 Å². The van der Waals surface area contributed by atoms with Crippen molar-refractivity contribution in [3.8, 4) is 0 Å². The van der Waals surface area contributed by atoms with E-state index in [4.69, 9.17) is 5.73 Å². The normalized spacial score (nSPS) is 18.4. The summed E-state index contributed by atoms with van der Waals surface area (Å²) in [5.74, 6) is 0.431. The van der Waals surface area contributed by atoms with Crippen LogP contribution in [-0.4, -0.2) is 41.6 Å². The molecule has 19 heavy (non-hydrogen) atoms. The Labute approximate surface area is 116 Å². The van der Waals surface area contributed by atoms with Gasteiger partial charge in [0.05, 0.1) is 6.10 Å². The summed E-state index contributed by atoms with van der Waals surface area (Å²) in [5.41, 5.74) is 6.25. The SMILES string of the molecule is CNC(=O)c1c(N)nsc1N1CCC(C(C)O)CC1. The number of nitrogens with one attached hydrogen (secondary N) is 1. The Morgan fingerprint density at radius 3 is 2.74 bits per heavy atom. The summed E-state index contributed by atoms with van der Waals surface area (Å²) in [6.07, 6.45) is 1.57. The Hall–Kier alpha value is -1.34. The summed E-state index contributed by atoms with van der Waals surface area (Å²) in [4.78, 5) is 14.0. The molecule has 0 radical (unpaired) electrons. The Balaban J connectivity index is 2.14. The highest BCUT2D eigenvalue weighted by molar-refractivity contribution is 7.11. The highest BCUT2D eigenvalue weighted by Gasteiger charge is 2.28. The van der Waals surface area contributed by atoms with Crippen LogP contribution in [0.1, 0.15) is 30.1 Å². The smallest absolute Gasteiger partial charge is 0.257 e. The van der Waals surface area contributed by atoms with Gasteiger partial charge in [-0.15, -0.1) is 0 Å². The van der Waals surface area contributed by atoms with Gasteiger partial charge in [0.2, 0.25) is 0 Å². The molecule has 1 aromatic heterocycles. The molecule has 6 nitrogen and oxygen atoms in total. The van der Waals surface area contributed by atoms with Crippen molar-refractivity contribution in [1.29, 1.82) is 0 Å². The Morgan fingerprint density at radius 1 is 1.58 bits per heavy atom. The zero-order chi connectivity index (χ0) is 14.0. The number of aliphatic hydroxyl groups is 1. The van der Waals surface area contributed by atoms with Gasteiger partial charge in [0.1, 0.15) is 10.6 Å². The van der Waals surface area contributed by atoms with Crippen molar-refractivity contribution < 1.29 is 9.90 Å².